The second kappa shape index (κ2) is 9.88. The molecule has 1 atom stereocenters. The summed E-state index contributed by atoms with van der Waals surface area (Å²) in [4.78, 5) is 20.5. The molecule has 1 N–H and O–H groups in total. The van der Waals surface area contributed by atoms with Crippen molar-refractivity contribution >= 4 is 32.5 Å². The molecule has 0 aliphatic carbocycles. The third-order valence-corrected chi connectivity index (χ3v) is 8.94. The molecule has 9 heteroatoms. The van der Waals surface area contributed by atoms with Crippen molar-refractivity contribution in [3.8, 4) is 11.3 Å². The number of sulfonamides is 1. The Kier molecular flexibility index (Phi) is 6.80. The minimum atomic E-state index is -3.87. The summed E-state index contributed by atoms with van der Waals surface area (Å²) in [6.07, 6.45) is 2.19. The molecule has 2 fully saturated rings. The molecule has 2 aliphatic heterocycles. The molecule has 0 saturated carbocycles. The van der Waals surface area contributed by atoms with Gasteiger partial charge in [0.15, 0.2) is 0 Å². The maximum absolute atomic E-state index is 13.6. The van der Waals surface area contributed by atoms with Gasteiger partial charge in [-0.3, -0.25) is 4.79 Å². The van der Waals surface area contributed by atoms with Crippen LogP contribution in [0.5, 0.6) is 0 Å². The second-order valence-electron chi connectivity index (χ2n) is 9.93. The number of nitrogens with zero attached hydrogens (tertiary/aromatic N) is 3. The van der Waals surface area contributed by atoms with Crippen molar-refractivity contribution in [2.45, 2.75) is 37.7 Å². The molecule has 0 unspecified atom stereocenters. The SMILES string of the molecule is Cc1ccc2cc(-c3cc(S(=O)(=O)N(C)CC(=O)N4CCO[C@H](C)C4)ccc3N3CCCC3)[nH]c2c1. The van der Waals surface area contributed by atoms with Crippen LogP contribution in [-0.4, -0.2) is 81.0 Å². The number of fused-ring (bicyclic) bond motifs is 1. The number of anilines is 1. The summed E-state index contributed by atoms with van der Waals surface area (Å²) in [6.45, 7) is 7.08. The number of H-pyrrole nitrogens is 1. The lowest BCUT2D eigenvalue weighted by Crippen LogP contribution is -2.48. The van der Waals surface area contributed by atoms with E-state index in [4.69, 9.17) is 4.74 Å². The minimum absolute atomic E-state index is 0.0506. The van der Waals surface area contributed by atoms with Gasteiger partial charge in [-0.1, -0.05) is 12.1 Å². The van der Waals surface area contributed by atoms with Gasteiger partial charge in [-0.15, -0.1) is 0 Å². The fourth-order valence-electron chi connectivity index (χ4n) is 5.11. The van der Waals surface area contributed by atoms with Gasteiger partial charge >= 0.3 is 0 Å². The van der Waals surface area contributed by atoms with E-state index in [0.717, 1.165) is 63.6 Å². The first-order valence-electron chi connectivity index (χ1n) is 12.6. The van der Waals surface area contributed by atoms with Crippen LogP contribution < -0.4 is 4.90 Å². The number of aromatic nitrogens is 1. The third-order valence-electron chi connectivity index (χ3n) is 7.14. The Morgan fingerprint density at radius 1 is 1.11 bits per heavy atom. The predicted molar refractivity (Wildman–Crippen MR) is 142 cm³/mol. The summed E-state index contributed by atoms with van der Waals surface area (Å²) in [5.74, 6) is -0.212. The van der Waals surface area contributed by atoms with E-state index in [9.17, 15) is 13.2 Å². The second-order valence-corrected chi connectivity index (χ2v) is 12.0. The first-order chi connectivity index (χ1) is 17.2. The number of aryl methyl sites for hydroxylation is 1. The lowest BCUT2D eigenvalue weighted by Gasteiger charge is -2.32. The molecule has 0 spiro atoms. The molecule has 36 heavy (non-hydrogen) atoms. The number of likely N-dealkylation sites (N-methyl/N-ethyl adjacent to an activating group) is 1. The largest absolute Gasteiger partial charge is 0.375 e. The van der Waals surface area contributed by atoms with E-state index in [1.807, 2.05) is 13.0 Å². The normalized spacial score (nSPS) is 18.9. The summed E-state index contributed by atoms with van der Waals surface area (Å²) in [7, 11) is -2.40. The lowest BCUT2D eigenvalue weighted by atomic mass is 10.1. The highest BCUT2D eigenvalue weighted by Gasteiger charge is 2.29. The molecule has 0 bridgehead atoms. The molecular weight excluding hydrogens is 476 g/mol. The molecule has 1 aromatic heterocycles. The van der Waals surface area contributed by atoms with E-state index >= 15 is 0 Å². The van der Waals surface area contributed by atoms with Crippen LogP contribution in [-0.2, 0) is 19.6 Å². The number of hydrogen-bond donors (Lipinski definition) is 1. The van der Waals surface area contributed by atoms with Crippen molar-refractivity contribution < 1.29 is 17.9 Å². The lowest BCUT2D eigenvalue weighted by molar-refractivity contribution is -0.138. The average Bonchev–Trinajstić information content (AvgIpc) is 3.53. The molecule has 0 radical (unpaired) electrons. The van der Waals surface area contributed by atoms with Crippen molar-refractivity contribution in [2.75, 3.05) is 51.3 Å². The number of carbonyl (C=O) groups is 1. The zero-order valence-electron chi connectivity index (χ0n) is 21.2. The van der Waals surface area contributed by atoms with Crippen molar-refractivity contribution in [1.29, 1.82) is 0 Å². The topological polar surface area (TPSA) is 85.9 Å². The third kappa shape index (κ3) is 4.87. The molecular formula is C27H34N4O4S. The van der Waals surface area contributed by atoms with Crippen molar-refractivity contribution in [1.82, 2.24) is 14.2 Å². The number of nitrogens with one attached hydrogen (secondary N) is 1. The Bertz CT molecular complexity index is 1380. The number of aromatic amines is 1. The van der Waals surface area contributed by atoms with Crippen LogP contribution in [0.2, 0.25) is 0 Å². The van der Waals surface area contributed by atoms with Crippen LogP contribution in [0, 0.1) is 6.92 Å². The Labute approximate surface area is 212 Å². The highest BCUT2D eigenvalue weighted by Crippen LogP contribution is 2.36. The number of carbonyl (C=O) groups excluding carboxylic acids is 1. The quantitative estimate of drug-likeness (QED) is 0.548. The smallest absolute Gasteiger partial charge is 0.243 e. The maximum Gasteiger partial charge on any atom is 0.243 e. The number of ether oxygens (including phenoxy) is 1. The predicted octanol–water partition coefficient (Wildman–Crippen LogP) is 3.61. The maximum atomic E-state index is 13.6. The van der Waals surface area contributed by atoms with Crippen LogP contribution in [0.1, 0.15) is 25.3 Å². The number of amides is 1. The summed E-state index contributed by atoms with van der Waals surface area (Å²) >= 11 is 0. The monoisotopic (exact) mass is 510 g/mol. The van der Waals surface area contributed by atoms with Crippen LogP contribution in [0.25, 0.3) is 22.2 Å². The van der Waals surface area contributed by atoms with Gasteiger partial charge in [-0.2, -0.15) is 4.31 Å². The summed E-state index contributed by atoms with van der Waals surface area (Å²) in [6, 6.07) is 13.6. The van der Waals surface area contributed by atoms with Crippen LogP contribution >= 0.6 is 0 Å². The van der Waals surface area contributed by atoms with E-state index < -0.39 is 10.0 Å². The standard InChI is InChI=1S/C27H34N4O4S/c1-19-6-7-21-15-25(28-24(21)14-19)23-16-22(8-9-26(23)30-10-4-5-11-30)36(33,34)29(3)18-27(32)31-12-13-35-20(2)17-31/h6-9,14-16,20,28H,4-5,10-13,17-18H2,1-3H3/t20-/m1/s1. The fraction of sp³-hybridized carbons (Fsp3) is 0.444. The molecule has 3 heterocycles. The van der Waals surface area contributed by atoms with Crippen molar-refractivity contribution in [3.63, 3.8) is 0 Å². The Hall–Kier alpha value is -2.88. The first-order valence-corrected chi connectivity index (χ1v) is 14.0. The van der Waals surface area contributed by atoms with Gasteiger partial charge in [0.05, 0.1) is 24.2 Å². The summed E-state index contributed by atoms with van der Waals surface area (Å²) < 4.78 is 33.8. The molecule has 2 aliphatic rings. The van der Waals surface area contributed by atoms with E-state index in [1.54, 1.807) is 17.0 Å². The van der Waals surface area contributed by atoms with Gasteiger partial charge in [-0.05, 0) is 62.6 Å². The van der Waals surface area contributed by atoms with Gasteiger partial charge in [-0.25, -0.2) is 8.42 Å². The zero-order chi connectivity index (χ0) is 25.4. The van der Waals surface area contributed by atoms with E-state index in [0.29, 0.717) is 19.7 Å². The van der Waals surface area contributed by atoms with Crippen LogP contribution in [0.4, 0.5) is 5.69 Å². The molecule has 192 valence electrons. The van der Waals surface area contributed by atoms with Gasteiger partial charge in [0.2, 0.25) is 15.9 Å². The number of rotatable bonds is 6. The molecule has 8 nitrogen and oxygen atoms in total. The Balaban J connectivity index is 1.48. The number of morpholine rings is 1. The number of benzene rings is 2. The van der Waals surface area contributed by atoms with Gasteiger partial charge < -0.3 is 19.5 Å². The summed E-state index contributed by atoms with van der Waals surface area (Å²) in [5.41, 5.74) is 4.95. The van der Waals surface area contributed by atoms with E-state index in [2.05, 4.69) is 41.1 Å². The molecule has 1 amide bonds. The molecule has 5 rings (SSSR count). The minimum Gasteiger partial charge on any atom is -0.375 e. The van der Waals surface area contributed by atoms with Crippen molar-refractivity contribution in [2.24, 2.45) is 0 Å². The van der Waals surface area contributed by atoms with E-state index in [-0.39, 0.29) is 23.5 Å². The highest BCUT2D eigenvalue weighted by atomic mass is 32.2. The van der Waals surface area contributed by atoms with Crippen molar-refractivity contribution in [3.05, 3.63) is 48.0 Å². The zero-order valence-corrected chi connectivity index (χ0v) is 22.0. The summed E-state index contributed by atoms with van der Waals surface area (Å²) in [5, 5.41) is 1.08. The van der Waals surface area contributed by atoms with Gasteiger partial charge in [0.25, 0.3) is 0 Å². The van der Waals surface area contributed by atoms with Crippen LogP contribution in [0.15, 0.2) is 47.4 Å². The molecule has 2 saturated heterocycles. The average molecular weight is 511 g/mol. The van der Waals surface area contributed by atoms with Gasteiger partial charge in [0, 0.05) is 61.1 Å². The number of hydrogen-bond acceptors (Lipinski definition) is 5. The van der Waals surface area contributed by atoms with E-state index in [1.165, 1.54) is 7.05 Å². The van der Waals surface area contributed by atoms with Crippen LogP contribution in [0.3, 0.4) is 0 Å². The fourth-order valence-corrected chi connectivity index (χ4v) is 6.26. The first kappa shape index (κ1) is 24.8. The van der Waals surface area contributed by atoms with Gasteiger partial charge in [0.1, 0.15) is 0 Å². The Morgan fingerprint density at radius 2 is 1.89 bits per heavy atom. The molecule has 2 aromatic carbocycles. The molecule has 3 aromatic rings. The Morgan fingerprint density at radius 3 is 2.64 bits per heavy atom. The highest BCUT2D eigenvalue weighted by molar-refractivity contribution is 7.89.